The van der Waals surface area contributed by atoms with E-state index < -0.39 is 0 Å². The second-order valence-electron chi connectivity index (χ2n) is 6.93. The van der Waals surface area contributed by atoms with Gasteiger partial charge in [-0.3, -0.25) is 0 Å². The molecular weight excluding hydrogens is 256 g/mol. The molecule has 1 N–H and O–H groups in total. The van der Waals surface area contributed by atoms with Gasteiger partial charge in [0.25, 0.3) is 0 Å². The summed E-state index contributed by atoms with van der Waals surface area (Å²) in [4.78, 5) is 2.66. The molecule has 21 heavy (non-hydrogen) atoms. The first-order chi connectivity index (χ1) is 10.1. The lowest BCUT2D eigenvalue weighted by molar-refractivity contribution is 0.265. The fraction of sp³-hybridized carbons (Fsp3) is 0.684. The van der Waals surface area contributed by atoms with Gasteiger partial charge in [-0.25, -0.2) is 0 Å². The molecule has 1 saturated heterocycles. The Bertz CT molecular complexity index is 421. The van der Waals surface area contributed by atoms with Gasteiger partial charge in [-0.15, -0.1) is 0 Å². The lowest BCUT2D eigenvalue weighted by atomic mass is 9.99. The van der Waals surface area contributed by atoms with E-state index in [9.17, 15) is 0 Å². The highest BCUT2D eigenvalue weighted by molar-refractivity contribution is 5.30. The van der Waals surface area contributed by atoms with Crippen LogP contribution in [-0.2, 0) is 0 Å². The van der Waals surface area contributed by atoms with E-state index in [1.165, 1.54) is 62.0 Å². The minimum Gasteiger partial charge on any atom is -0.313 e. The van der Waals surface area contributed by atoms with Gasteiger partial charge in [0.1, 0.15) is 0 Å². The summed E-state index contributed by atoms with van der Waals surface area (Å²) in [6.45, 7) is 10.6. The molecule has 2 atom stereocenters. The Morgan fingerprint density at radius 1 is 1.14 bits per heavy atom. The Morgan fingerprint density at radius 3 is 2.52 bits per heavy atom. The van der Waals surface area contributed by atoms with Gasteiger partial charge in [0.2, 0.25) is 0 Å². The zero-order valence-corrected chi connectivity index (χ0v) is 14.3. The van der Waals surface area contributed by atoms with E-state index in [-0.39, 0.29) is 0 Å². The second kappa shape index (κ2) is 7.95. The molecule has 0 saturated carbocycles. The molecule has 118 valence electrons. The number of hydrogen-bond acceptors (Lipinski definition) is 2. The van der Waals surface area contributed by atoms with Gasteiger partial charge in [0.15, 0.2) is 0 Å². The van der Waals surface area contributed by atoms with Crippen LogP contribution in [0.25, 0.3) is 0 Å². The van der Waals surface area contributed by atoms with Crippen molar-refractivity contribution in [2.75, 3.05) is 26.7 Å². The van der Waals surface area contributed by atoms with Crippen LogP contribution >= 0.6 is 0 Å². The zero-order chi connectivity index (χ0) is 15.2. The van der Waals surface area contributed by atoms with Crippen LogP contribution in [0.15, 0.2) is 18.2 Å². The highest BCUT2D eigenvalue weighted by Crippen LogP contribution is 2.22. The minimum absolute atomic E-state index is 0.476. The van der Waals surface area contributed by atoms with Crippen LogP contribution in [0.1, 0.15) is 55.3 Å². The van der Waals surface area contributed by atoms with Crippen molar-refractivity contribution in [2.45, 2.75) is 52.5 Å². The smallest absolute Gasteiger partial charge is 0.0329 e. The van der Waals surface area contributed by atoms with Crippen molar-refractivity contribution in [2.24, 2.45) is 5.92 Å². The van der Waals surface area contributed by atoms with E-state index in [0.29, 0.717) is 6.04 Å². The molecule has 0 bridgehead atoms. The molecule has 0 amide bonds. The van der Waals surface area contributed by atoms with Crippen LogP contribution in [0, 0.1) is 19.8 Å². The Hall–Kier alpha value is -0.860. The fourth-order valence-corrected chi connectivity index (χ4v) is 3.55. The lowest BCUT2D eigenvalue weighted by Gasteiger charge is -2.24. The van der Waals surface area contributed by atoms with Crippen LogP contribution in [0.4, 0.5) is 0 Å². The summed E-state index contributed by atoms with van der Waals surface area (Å²) in [5.74, 6) is 0.912. The molecule has 1 heterocycles. The first-order valence-electron chi connectivity index (χ1n) is 8.56. The quantitative estimate of drug-likeness (QED) is 0.878. The van der Waals surface area contributed by atoms with Crippen LogP contribution in [0.2, 0.25) is 0 Å². The molecule has 0 radical (unpaired) electrons. The number of benzene rings is 1. The molecule has 2 unspecified atom stereocenters. The molecule has 0 spiro atoms. The first-order valence-corrected chi connectivity index (χ1v) is 8.56. The SMILES string of the molecule is CNC(CCN1CCCC(C)CC1)c1cc(C)cc(C)c1. The molecule has 2 heteroatoms. The molecule has 0 aliphatic carbocycles. The lowest BCUT2D eigenvalue weighted by Crippen LogP contribution is -2.29. The van der Waals surface area contributed by atoms with E-state index in [1.54, 1.807) is 0 Å². The minimum atomic E-state index is 0.476. The number of aryl methyl sites for hydroxylation is 2. The average Bonchev–Trinajstić information content (AvgIpc) is 2.63. The van der Waals surface area contributed by atoms with Crippen molar-refractivity contribution in [3.8, 4) is 0 Å². The van der Waals surface area contributed by atoms with Crippen molar-refractivity contribution in [3.63, 3.8) is 0 Å². The van der Waals surface area contributed by atoms with Gasteiger partial charge in [-0.05, 0) is 77.7 Å². The summed E-state index contributed by atoms with van der Waals surface area (Å²) in [6.07, 6.45) is 5.35. The van der Waals surface area contributed by atoms with Crippen molar-refractivity contribution in [1.82, 2.24) is 10.2 Å². The molecular formula is C19H32N2. The topological polar surface area (TPSA) is 15.3 Å². The molecule has 1 aliphatic heterocycles. The van der Waals surface area contributed by atoms with Crippen molar-refractivity contribution in [1.29, 1.82) is 0 Å². The summed E-state index contributed by atoms with van der Waals surface area (Å²) in [6, 6.07) is 7.40. The standard InChI is InChI=1S/C19H32N2/c1-15-6-5-9-21(10-7-15)11-8-19(20-4)18-13-16(2)12-17(3)14-18/h12-15,19-20H,5-11H2,1-4H3. The third-order valence-electron chi connectivity index (χ3n) is 4.84. The highest BCUT2D eigenvalue weighted by atomic mass is 15.1. The molecule has 1 aliphatic rings. The van der Waals surface area contributed by atoms with Gasteiger partial charge in [-0.1, -0.05) is 36.2 Å². The van der Waals surface area contributed by atoms with Gasteiger partial charge < -0.3 is 10.2 Å². The predicted molar refractivity (Wildman–Crippen MR) is 91.8 cm³/mol. The average molecular weight is 288 g/mol. The van der Waals surface area contributed by atoms with Gasteiger partial charge in [-0.2, -0.15) is 0 Å². The molecule has 1 aromatic rings. The molecule has 1 aromatic carbocycles. The molecule has 2 nitrogen and oxygen atoms in total. The van der Waals surface area contributed by atoms with E-state index in [0.717, 1.165) is 5.92 Å². The van der Waals surface area contributed by atoms with Crippen LogP contribution < -0.4 is 5.32 Å². The van der Waals surface area contributed by atoms with Crippen LogP contribution in [-0.4, -0.2) is 31.6 Å². The Balaban J connectivity index is 1.92. The summed E-state index contributed by atoms with van der Waals surface area (Å²) >= 11 is 0. The third kappa shape index (κ3) is 5.12. The molecule has 2 rings (SSSR count). The monoisotopic (exact) mass is 288 g/mol. The van der Waals surface area contributed by atoms with Crippen molar-refractivity contribution in [3.05, 3.63) is 34.9 Å². The van der Waals surface area contributed by atoms with E-state index in [1.807, 2.05) is 0 Å². The molecule has 1 fully saturated rings. The number of nitrogens with one attached hydrogen (secondary N) is 1. The number of nitrogens with zero attached hydrogens (tertiary/aromatic N) is 1. The fourth-order valence-electron chi connectivity index (χ4n) is 3.55. The highest BCUT2D eigenvalue weighted by Gasteiger charge is 2.16. The summed E-state index contributed by atoms with van der Waals surface area (Å²) in [5.41, 5.74) is 4.18. The Labute approximate surface area is 130 Å². The zero-order valence-electron chi connectivity index (χ0n) is 14.3. The maximum atomic E-state index is 3.51. The maximum absolute atomic E-state index is 3.51. The van der Waals surface area contributed by atoms with Gasteiger partial charge in [0.05, 0.1) is 0 Å². The predicted octanol–water partition coefficient (Wildman–Crippen LogP) is 4.08. The van der Waals surface area contributed by atoms with Crippen LogP contribution in [0.5, 0.6) is 0 Å². The van der Waals surface area contributed by atoms with Gasteiger partial charge in [0, 0.05) is 6.04 Å². The summed E-state index contributed by atoms with van der Waals surface area (Å²) < 4.78 is 0. The summed E-state index contributed by atoms with van der Waals surface area (Å²) in [7, 11) is 2.09. The largest absolute Gasteiger partial charge is 0.313 e. The number of hydrogen-bond donors (Lipinski definition) is 1. The van der Waals surface area contributed by atoms with Crippen molar-refractivity contribution < 1.29 is 0 Å². The second-order valence-corrected chi connectivity index (χ2v) is 6.93. The Morgan fingerprint density at radius 2 is 1.86 bits per heavy atom. The van der Waals surface area contributed by atoms with E-state index in [2.05, 4.69) is 56.2 Å². The van der Waals surface area contributed by atoms with E-state index >= 15 is 0 Å². The third-order valence-corrected chi connectivity index (χ3v) is 4.84. The number of likely N-dealkylation sites (tertiary alicyclic amines) is 1. The van der Waals surface area contributed by atoms with E-state index in [4.69, 9.17) is 0 Å². The summed E-state index contributed by atoms with van der Waals surface area (Å²) in [5, 5.41) is 3.51. The Kier molecular flexibility index (Phi) is 6.25. The maximum Gasteiger partial charge on any atom is 0.0329 e. The van der Waals surface area contributed by atoms with Crippen molar-refractivity contribution >= 4 is 0 Å². The van der Waals surface area contributed by atoms with Gasteiger partial charge >= 0.3 is 0 Å². The molecule has 0 aromatic heterocycles. The van der Waals surface area contributed by atoms with Crippen LogP contribution in [0.3, 0.4) is 0 Å². The first kappa shape index (κ1) is 16.5. The normalized spacial score (nSPS) is 22.0. The number of rotatable bonds is 5.